The number of hydrogen-bond donors (Lipinski definition) is 2. The van der Waals surface area contributed by atoms with Crippen molar-refractivity contribution in [2.75, 3.05) is 19.6 Å². The van der Waals surface area contributed by atoms with Crippen LogP contribution in [0.3, 0.4) is 0 Å². The van der Waals surface area contributed by atoms with Gasteiger partial charge in [-0.15, -0.1) is 0 Å². The molecule has 0 saturated carbocycles. The molecule has 1 aromatic carbocycles. The van der Waals surface area contributed by atoms with Crippen LogP contribution in [0.5, 0.6) is 0 Å². The van der Waals surface area contributed by atoms with Crippen LogP contribution in [0, 0.1) is 5.82 Å². The SMILES string of the molecule is C=C/C(C)=C(\C=C)CCN.CCCC(=O)OC1CNC1.Fc1ccccc1. The average Bonchev–Trinajstić information content (AvgIpc) is 2.64. The van der Waals surface area contributed by atoms with E-state index in [9.17, 15) is 9.18 Å². The van der Waals surface area contributed by atoms with Gasteiger partial charge in [-0.2, -0.15) is 0 Å². The van der Waals surface area contributed by atoms with E-state index in [1.807, 2.05) is 26.0 Å². The van der Waals surface area contributed by atoms with E-state index in [2.05, 4.69) is 18.5 Å². The molecule has 1 heterocycles. The Labute approximate surface area is 163 Å². The summed E-state index contributed by atoms with van der Waals surface area (Å²) in [6.07, 6.45) is 6.13. The van der Waals surface area contributed by atoms with Gasteiger partial charge < -0.3 is 15.8 Å². The summed E-state index contributed by atoms with van der Waals surface area (Å²) in [7, 11) is 0. The van der Waals surface area contributed by atoms with E-state index in [1.54, 1.807) is 18.2 Å². The van der Waals surface area contributed by atoms with E-state index < -0.39 is 0 Å². The van der Waals surface area contributed by atoms with Gasteiger partial charge in [0.25, 0.3) is 0 Å². The van der Waals surface area contributed by atoms with Gasteiger partial charge in [0.15, 0.2) is 0 Å². The molecule has 0 bridgehead atoms. The van der Waals surface area contributed by atoms with Crippen LogP contribution in [-0.4, -0.2) is 31.7 Å². The lowest BCUT2D eigenvalue weighted by molar-refractivity contribution is -0.151. The van der Waals surface area contributed by atoms with Crippen LogP contribution in [0.25, 0.3) is 0 Å². The molecule has 27 heavy (non-hydrogen) atoms. The highest BCUT2D eigenvalue weighted by molar-refractivity contribution is 5.69. The highest BCUT2D eigenvalue weighted by Crippen LogP contribution is 2.08. The number of rotatable bonds is 7. The Bertz CT molecular complexity index is 581. The monoisotopic (exact) mass is 376 g/mol. The summed E-state index contributed by atoms with van der Waals surface area (Å²) in [5.74, 6) is -0.239. The van der Waals surface area contributed by atoms with Crippen LogP contribution in [0.1, 0.15) is 33.1 Å². The van der Waals surface area contributed by atoms with Gasteiger partial charge >= 0.3 is 5.97 Å². The fourth-order valence-corrected chi connectivity index (χ4v) is 1.96. The first kappa shape index (κ1) is 24.8. The number of halogens is 1. The first-order valence-electron chi connectivity index (χ1n) is 9.23. The number of allylic oxidation sites excluding steroid dienone is 3. The summed E-state index contributed by atoms with van der Waals surface area (Å²) >= 11 is 0. The van der Waals surface area contributed by atoms with Gasteiger partial charge in [0.2, 0.25) is 0 Å². The first-order chi connectivity index (χ1) is 13.0. The Morgan fingerprint density at radius 3 is 2.22 bits per heavy atom. The molecule has 0 amide bonds. The number of esters is 1. The van der Waals surface area contributed by atoms with Gasteiger partial charge in [-0.05, 0) is 49.6 Å². The molecular formula is C22H33FN2O2. The number of carbonyl (C=O) groups excluding carboxylic acids is 1. The van der Waals surface area contributed by atoms with E-state index >= 15 is 0 Å². The Morgan fingerprint density at radius 1 is 1.26 bits per heavy atom. The molecule has 0 unspecified atom stereocenters. The van der Waals surface area contributed by atoms with E-state index in [0.29, 0.717) is 13.0 Å². The van der Waals surface area contributed by atoms with Crippen molar-refractivity contribution in [2.24, 2.45) is 5.73 Å². The minimum absolute atomic E-state index is 0.0611. The quantitative estimate of drug-likeness (QED) is 0.554. The second-order valence-corrected chi connectivity index (χ2v) is 5.97. The third-order valence-electron chi connectivity index (χ3n) is 3.70. The van der Waals surface area contributed by atoms with Gasteiger partial charge in [0.05, 0.1) is 0 Å². The van der Waals surface area contributed by atoms with Crippen molar-refractivity contribution in [3.63, 3.8) is 0 Å². The van der Waals surface area contributed by atoms with Crippen molar-refractivity contribution >= 4 is 5.97 Å². The maximum Gasteiger partial charge on any atom is 0.306 e. The smallest absolute Gasteiger partial charge is 0.306 e. The van der Waals surface area contributed by atoms with Crippen molar-refractivity contribution in [3.8, 4) is 0 Å². The molecular weight excluding hydrogens is 343 g/mol. The first-order valence-corrected chi connectivity index (χ1v) is 9.23. The van der Waals surface area contributed by atoms with Crippen molar-refractivity contribution in [1.29, 1.82) is 0 Å². The summed E-state index contributed by atoms with van der Waals surface area (Å²) in [4.78, 5) is 10.8. The summed E-state index contributed by atoms with van der Waals surface area (Å²) in [5.41, 5.74) is 7.74. The molecule has 5 heteroatoms. The standard InChI is InChI=1S/C9H15N.C7H13NO2.C6H5F/c1-4-8(3)9(5-2)6-7-10;1-2-3-7(9)10-6-4-8-5-6;7-6-4-2-1-3-5-6/h4-5H,1-2,6-7,10H2,3H3;6,8H,2-5H2,1H3;1-5H/b9-8+;;. The number of nitrogens with one attached hydrogen (secondary N) is 1. The van der Waals surface area contributed by atoms with E-state index in [-0.39, 0.29) is 17.9 Å². The molecule has 150 valence electrons. The molecule has 1 aliphatic heterocycles. The second kappa shape index (κ2) is 16.0. The number of hydrogen-bond acceptors (Lipinski definition) is 4. The molecule has 3 N–H and O–H groups in total. The van der Waals surface area contributed by atoms with Gasteiger partial charge in [-0.3, -0.25) is 4.79 Å². The molecule has 4 nitrogen and oxygen atoms in total. The van der Waals surface area contributed by atoms with Crippen molar-refractivity contribution in [2.45, 2.75) is 39.2 Å². The molecule has 0 aliphatic carbocycles. The van der Waals surface area contributed by atoms with Crippen LogP contribution >= 0.6 is 0 Å². The minimum Gasteiger partial charge on any atom is -0.460 e. The zero-order valence-electron chi connectivity index (χ0n) is 16.5. The van der Waals surface area contributed by atoms with E-state index in [0.717, 1.165) is 25.9 Å². The average molecular weight is 377 g/mol. The Morgan fingerprint density at radius 2 is 1.89 bits per heavy atom. The topological polar surface area (TPSA) is 64.4 Å². The lowest BCUT2D eigenvalue weighted by Crippen LogP contribution is -2.49. The molecule has 1 fully saturated rings. The third kappa shape index (κ3) is 12.7. The molecule has 0 spiro atoms. The normalized spacial score (nSPS) is 13.5. The Balaban J connectivity index is 0.000000382. The highest BCUT2D eigenvalue weighted by Gasteiger charge is 2.20. The van der Waals surface area contributed by atoms with Gasteiger partial charge in [-0.25, -0.2) is 4.39 Å². The molecule has 2 rings (SSSR count). The van der Waals surface area contributed by atoms with Crippen LogP contribution in [0.4, 0.5) is 4.39 Å². The lowest BCUT2D eigenvalue weighted by atomic mass is 10.1. The van der Waals surface area contributed by atoms with Crippen molar-refractivity contribution in [1.82, 2.24) is 5.32 Å². The number of benzene rings is 1. The summed E-state index contributed by atoms with van der Waals surface area (Å²) in [6, 6.07) is 7.94. The fraction of sp³-hybridized carbons (Fsp3) is 0.409. The predicted molar refractivity (Wildman–Crippen MR) is 111 cm³/mol. The molecule has 0 atom stereocenters. The maximum absolute atomic E-state index is 11.9. The fourth-order valence-electron chi connectivity index (χ4n) is 1.96. The maximum atomic E-state index is 11.9. The summed E-state index contributed by atoms with van der Waals surface area (Å²) in [5, 5.41) is 3.03. The molecule has 0 aromatic heterocycles. The highest BCUT2D eigenvalue weighted by atomic mass is 19.1. The number of nitrogens with two attached hydrogens (primary N) is 1. The van der Waals surface area contributed by atoms with Crippen molar-refractivity contribution < 1.29 is 13.9 Å². The van der Waals surface area contributed by atoms with Crippen LogP contribution in [-0.2, 0) is 9.53 Å². The lowest BCUT2D eigenvalue weighted by Gasteiger charge is -2.26. The Hall–Kier alpha value is -2.24. The van der Waals surface area contributed by atoms with Gasteiger partial charge in [0, 0.05) is 19.5 Å². The molecule has 1 aliphatic rings. The second-order valence-electron chi connectivity index (χ2n) is 5.97. The summed E-state index contributed by atoms with van der Waals surface area (Å²) in [6.45, 7) is 13.7. The van der Waals surface area contributed by atoms with Crippen molar-refractivity contribution in [3.05, 3.63) is 72.6 Å². The van der Waals surface area contributed by atoms with Gasteiger partial charge in [0.1, 0.15) is 11.9 Å². The Kier molecular flexibility index (Phi) is 14.6. The minimum atomic E-state index is -0.178. The van der Waals surface area contributed by atoms with Crippen LogP contribution < -0.4 is 11.1 Å². The van der Waals surface area contributed by atoms with Crippen LogP contribution in [0.15, 0.2) is 66.8 Å². The predicted octanol–water partition coefficient (Wildman–Crippen LogP) is 4.15. The number of ether oxygens (including phenoxy) is 1. The zero-order valence-corrected chi connectivity index (χ0v) is 16.5. The van der Waals surface area contributed by atoms with E-state index in [1.165, 1.54) is 23.3 Å². The third-order valence-corrected chi connectivity index (χ3v) is 3.70. The van der Waals surface area contributed by atoms with Crippen LogP contribution in [0.2, 0.25) is 0 Å². The molecule has 1 saturated heterocycles. The zero-order chi connectivity index (χ0) is 20.5. The van der Waals surface area contributed by atoms with Gasteiger partial charge in [-0.1, -0.05) is 50.4 Å². The number of carbonyl (C=O) groups is 1. The largest absolute Gasteiger partial charge is 0.460 e. The molecule has 0 radical (unpaired) electrons. The molecule has 1 aromatic rings. The van der Waals surface area contributed by atoms with E-state index in [4.69, 9.17) is 10.5 Å². The summed E-state index contributed by atoms with van der Waals surface area (Å²) < 4.78 is 16.9.